The van der Waals surface area contributed by atoms with Crippen molar-refractivity contribution in [1.29, 1.82) is 0 Å². The van der Waals surface area contributed by atoms with E-state index in [0.29, 0.717) is 6.54 Å². The number of ether oxygens (including phenoxy) is 2. The number of esters is 1. The van der Waals surface area contributed by atoms with Gasteiger partial charge in [-0.2, -0.15) is 0 Å². The second-order valence-electron chi connectivity index (χ2n) is 4.02. The molecule has 92 valence electrons. The molecule has 0 spiro atoms. The Labute approximate surface area is 108 Å². The number of hydrogen-bond acceptors (Lipinski definition) is 5. The number of likely N-dealkylation sites (N-methyl/N-ethyl adjacent to an activating group) is 1. The van der Waals surface area contributed by atoms with Gasteiger partial charge in [0, 0.05) is 0 Å². The van der Waals surface area contributed by atoms with E-state index in [1.165, 1.54) is 3.11 Å². The van der Waals surface area contributed by atoms with Crippen LogP contribution in [0, 0.1) is 0 Å². The van der Waals surface area contributed by atoms with Gasteiger partial charge in [0.1, 0.15) is 12.1 Å². The zero-order chi connectivity index (χ0) is 12.3. The molecular formula is C9H15IN2O4. The van der Waals surface area contributed by atoms with Crippen LogP contribution in [-0.4, -0.2) is 47.0 Å². The standard InChI is InChI=1S/C9H15IN2O4/c1-9(2,11-3)7(13)15-5-6-4-12(10)8(14)16-6/h6,11H,4-5H2,1-3H3/t6-/m1/s1. The number of amides is 1. The summed E-state index contributed by atoms with van der Waals surface area (Å²) >= 11 is 1.86. The van der Waals surface area contributed by atoms with Crippen LogP contribution in [0.25, 0.3) is 0 Å². The molecule has 6 nitrogen and oxygen atoms in total. The van der Waals surface area contributed by atoms with Gasteiger partial charge < -0.3 is 14.8 Å². The van der Waals surface area contributed by atoms with E-state index >= 15 is 0 Å². The molecule has 16 heavy (non-hydrogen) atoms. The summed E-state index contributed by atoms with van der Waals surface area (Å²) in [4.78, 5) is 22.6. The first kappa shape index (κ1) is 13.5. The maximum absolute atomic E-state index is 11.6. The molecule has 1 fully saturated rings. The number of carbonyl (C=O) groups excluding carboxylic acids is 2. The molecule has 7 heteroatoms. The third-order valence-corrected chi connectivity index (χ3v) is 3.15. The van der Waals surface area contributed by atoms with Gasteiger partial charge in [-0.1, -0.05) is 0 Å². The normalized spacial score (nSPS) is 20.9. The van der Waals surface area contributed by atoms with E-state index in [1.807, 2.05) is 22.9 Å². The largest absolute Gasteiger partial charge is 0.460 e. The van der Waals surface area contributed by atoms with Crippen molar-refractivity contribution in [2.45, 2.75) is 25.5 Å². The highest BCUT2D eigenvalue weighted by Crippen LogP contribution is 2.16. The van der Waals surface area contributed by atoms with Gasteiger partial charge in [-0.25, -0.2) is 7.91 Å². The summed E-state index contributed by atoms with van der Waals surface area (Å²) in [5.41, 5.74) is -0.730. The Kier molecular flexibility index (Phi) is 4.36. The molecule has 0 aliphatic carbocycles. The van der Waals surface area contributed by atoms with E-state index in [2.05, 4.69) is 5.32 Å². The lowest BCUT2D eigenvalue weighted by Gasteiger charge is -2.22. The summed E-state index contributed by atoms with van der Waals surface area (Å²) in [5, 5.41) is 2.84. The maximum atomic E-state index is 11.6. The molecule has 1 aliphatic rings. The smallest absolute Gasteiger partial charge is 0.419 e. The van der Waals surface area contributed by atoms with Crippen LogP contribution in [0.15, 0.2) is 0 Å². The van der Waals surface area contributed by atoms with Crippen molar-refractivity contribution in [2.75, 3.05) is 20.2 Å². The van der Waals surface area contributed by atoms with Crippen LogP contribution in [0.2, 0.25) is 0 Å². The monoisotopic (exact) mass is 342 g/mol. The van der Waals surface area contributed by atoms with Gasteiger partial charge in [-0.05, 0) is 20.9 Å². The number of nitrogens with zero attached hydrogens (tertiary/aromatic N) is 1. The van der Waals surface area contributed by atoms with Gasteiger partial charge in [0.05, 0.1) is 29.4 Å². The molecule has 0 saturated carbocycles. The third kappa shape index (κ3) is 3.21. The predicted molar refractivity (Wildman–Crippen MR) is 65.1 cm³/mol. The van der Waals surface area contributed by atoms with Gasteiger partial charge >= 0.3 is 12.1 Å². The highest BCUT2D eigenvalue weighted by atomic mass is 127. The average Bonchev–Trinajstić information content (AvgIpc) is 2.55. The van der Waals surface area contributed by atoms with Crippen molar-refractivity contribution < 1.29 is 19.1 Å². The molecule has 0 aromatic carbocycles. The first-order valence-corrected chi connectivity index (χ1v) is 5.83. The quantitative estimate of drug-likeness (QED) is 0.463. The second-order valence-corrected chi connectivity index (χ2v) is 5.19. The topological polar surface area (TPSA) is 67.9 Å². The summed E-state index contributed by atoms with van der Waals surface area (Å²) in [7, 11) is 1.68. The lowest BCUT2D eigenvalue weighted by Crippen LogP contribution is -2.46. The minimum absolute atomic E-state index is 0.0924. The third-order valence-electron chi connectivity index (χ3n) is 2.37. The summed E-state index contributed by atoms with van der Waals surface area (Å²) in [6.45, 7) is 3.98. The van der Waals surface area contributed by atoms with Gasteiger partial charge in [0.2, 0.25) is 0 Å². The van der Waals surface area contributed by atoms with Crippen LogP contribution >= 0.6 is 22.9 Å². The summed E-state index contributed by atoms with van der Waals surface area (Å²) in [6, 6.07) is 0. The van der Waals surface area contributed by atoms with Gasteiger partial charge in [-0.3, -0.25) is 4.79 Å². The fourth-order valence-corrected chi connectivity index (χ4v) is 1.58. The average molecular weight is 342 g/mol. The Morgan fingerprint density at radius 2 is 2.38 bits per heavy atom. The van der Waals surface area contributed by atoms with Gasteiger partial charge in [0.15, 0.2) is 6.10 Å². The SMILES string of the molecule is CNC(C)(C)C(=O)OC[C@H]1CN(I)C(=O)O1. The Morgan fingerprint density at radius 1 is 1.75 bits per heavy atom. The molecule has 0 bridgehead atoms. The van der Waals surface area contributed by atoms with Crippen LogP contribution < -0.4 is 5.32 Å². The highest BCUT2D eigenvalue weighted by Gasteiger charge is 2.33. The molecule has 1 N–H and O–H groups in total. The van der Waals surface area contributed by atoms with E-state index in [4.69, 9.17) is 9.47 Å². The summed E-state index contributed by atoms with van der Waals surface area (Å²) in [5.74, 6) is -0.363. The number of cyclic esters (lactones) is 1. The van der Waals surface area contributed by atoms with Gasteiger partial charge in [0.25, 0.3) is 0 Å². The molecule has 1 saturated heterocycles. The van der Waals surface area contributed by atoms with Crippen LogP contribution in [0.3, 0.4) is 0 Å². The fourth-order valence-electron chi connectivity index (χ4n) is 1.03. The Bertz CT molecular complexity index is 295. The van der Waals surface area contributed by atoms with Crippen molar-refractivity contribution in [3.05, 3.63) is 0 Å². The van der Waals surface area contributed by atoms with Crippen LogP contribution in [-0.2, 0) is 14.3 Å². The Morgan fingerprint density at radius 3 is 2.81 bits per heavy atom. The first-order chi connectivity index (χ1) is 7.36. The van der Waals surface area contributed by atoms with Crippen molar-refractivity contribution >= 4 is 34.9 Å². The van der Waals surface area contributed by atoms with Crippen LogP contribution in [0.1, 0.15) is 13.8 Å². The molecule has 1 atom stereocenters. The molecule has 1 heterocycles. The van der Waals surface area contributed by atoms with Crippen molar-refractivity contribution in [2.24, 2.45) is 0 Å². The number of carbonyl (C=O) groups is 2. The van der Waals surface area contributed by atoms with Gasteiger partial charge in [-0.15, -0.1) is 0 Å². The molecule has 1 rings (SSSR count). The van der Waals surface area contributed by atoms with E-state index in [0.717, 1.165) is 0 Å². The molecular weight excluding hydrogens is 327 g/mol. The molecule has 1 aliphatic heterocycles. The van der Waals surface area contributed by atoms with Crippen LogP contribution in [0.4, 0.5) is 4.79 Å². The minimum Gasteiger partial charge on any atom is -0.460 e. The number of rotatable bonds is 4. The van der Waals surface area contributed by atoms with Crippen molar-refractivity contribution in [3.8, 4) is 0 Å². The second kappa shape index (κ2) is 5.17. The molecule has 0 aromatic rings. The van der Waals surface area contributed by atoms with E-state index < -0.39 is 11.6 Å². The molecule has 0 radical (unpaired) electrons. The van der Waals surface area contributed by atoms with E-state index in [-0.39, 0.29) is 18.7 Å². The predicted octanol–water partition coefficient (Wildman–Crippen LogP) is 0.698. The summed E-state index contributed by atoms with van der Waals surface area (Å²) in [6.07, 6.45) is -0.768. The zero-order valence-electron chi connectivity index (χ0n) is 9.45. The highest BCUT2D eigenvalue weighted by molar-refractivity contribution is 14.1. The maximum Gasteiger partial charge on any atom is 0.419 e. The van der Waals surface area contributed by atoms with Crippen molar-refractivity contribution in [3.63, 3.8) is 0 Å². The zero-order valence-corrected chi connectivity index (χ0v) is 11.6. The Balaban J connectivity index is 2.36. The van der Waals surface area contributed by atoms with Crippen molar-refractivity contribution in [1.82, 2.24) is 8.43 Å². The van der Waals surface area contributed by atoms with E-state index in [9.17, 15) is 9.59 Å². The number of hydrogen-bond donors (Lipinski definition) is 1. The lowest BCUT2D eigenvalue weighted by atomic mass is 10.1. The Hall–Kier alpha value is -0.570. The molecule has 0 aromatic heterocycles. The number of halogens is 1. The fraction of sp³-hybridized carbons (Fsp3) is 0.778. The first-order valence-electron chi connectivity index (χ1n) is 4.87. The molecule has 1 amide bonds. The van der Waals surface area contributed by atoms with Crippen LogP contribution in [0.5, 0.6) is 0 Å². The minimum atomic E-state index is -0.730. The summed E-state index contributed by atoms with van der Waals surface area (Å²) < 4.78 is 11.4. The van der Waals surface area contributed by atoms with E-state index in [1.54, 1.807) is 20.9 Å². The lowest BCUT2D eigenvalue weighted by molar-refractivity contribution is -0.152. The number of nitrogens with one attached hydrogen (secondary N) is 1. The molecule has 0 unspecified atom stereocenters.